The summed E-state index contributed by atoms with van der Waals surface area (Å²) >= 11 is 0. The van der Waals surface area contributed by atoms with Crippen molar-refractivity contribution in [3.05, 3.63) is 47.8 Å². The van der Waals surface area contributed by atoms with Crippen LogP contribution in [0, 0.1) is 5.82 Å². The number of carbonyl (C=O) groups is 3. The minimum atomic E-state index is -1.27. The van der Waals surface area contributed by atoms with Gasteiger partial charge in [-0.25, -0.2) is 9.18 Å². The Kier molecular flexibility index (Phi) is 6.94. The second-order valence-corrected chi connectivity index (χ2v) is 7.20. The van der Waals surface area contributed by atoms with Gasteiger partial charge in [0.15, 0.2) is 0 Å². The average molecular weight is 389 g/mol. The molecule has 1 aromatic rings. The normalized spacial score (nSPS) is 18.9. The fraction of sp³-hybridized carbons (Fsp3) is 0.476. The van der Waals surface area contributed by atoms with Gasteiger partial charge in [0, 0.05) is 13.1 Å². The Hall–Kier alpha value is -2.70. The maximum atomic E-state index is 13.4. The number of hydrogen-bond donors (Lipinski definition) is 1. The number of nitrogens with zero attached hydrogens (tertiary/aromatic N) is 2. The van der Waals surface area contributed by atoms with Crippen LogP contribution in [0.15, 0.2) is 36.4 Å². The van der Waals surface area contributed by atoms with Crippen LogP contribution in [0.25, 0.3) is 0 Å². The van der Waals surface area contributed by atoms with Crippen molar-refractivity contribution in [1.82, 2.24) is 15.1 Å². The van der Waals surface area contributed by atoms with E-state index in [2.05, 4.69) is 11.9 Å². The summed E-state index contributed by atoms with van der Waals surface area (Å²) in [5.41, 5.74) is 0.0628. The largest absolute Gasteiger partial charge is 0.337 e. The highest BCUT2D eigenvalue weighted by molar-refractivity contribution is 6.09. The zero-order valence-corrected chi connectivity index (χ0v) is 16.8. The molecule has 1 fully saturated rings. The number of unbranched alkanes of at least 4 members (excludes halogenated alkanes) is 1. The Morgan fingerprint density at radius 2 is 1.89 bits per heavy atom. The SMILES string of the molecule is C=C(C)CN(CC)C(=O)CN1C(=O)NC(CCCC)(c2ccc(F)cc2)C1=O. The molecule has 0 bridgehead atoms. The predicted octanol–water partition coefficient (Wildman–Crippen LogP) is 3.19. The summed E-state index contributed by atoms with van der Waals surface area (Å²) in [6, 6.07) is 4.94. The van der Waals surface area contributed by atoms with Gasteiger partial charge in [-0.15, -0.1) is 0 Å². The lowest BCUT2D eigenvalue weighted by Gasteiger charge is -2.28. The number of benzene rings is 1. The highest BCUT2D eigenvalue weighted by Crippen LogP contribution is 2.34. The Labute approximate surface area is 165 Å². The molecule has 0 aliphatic carbocycles. The van der Waals surface area contributed by atoms with Crippen molar-refractivity contribution < 1.29 is 18.8 Å². The molecule has 7 heteroatoms. The molecule has 2 rings (SSSR count). The summed E-state index contributed by atoms with van der Waals surface area (Å²) < 4.78 is 13.4. The van der Waals surface area contributed by atoms with E-state index in [9.17, 15) is 18.8 Å². The minimum absolute atomic E-state index is 0.320. The van der Waals surface area contributed by atoms with Crippen LogP contribution >= 0.6 is 0 Å². The standard InChI is InChI=1S/C21H28FN3O3/c1-5-7-12-21(16-8-10-17(22)11-9-16)19(27)25(20(28)23-21)14-18(26)24(6-2)13-15(3)4/h8-11H,3,5-7,12-14H2,1-2,4H3,(H,23,28). The van der Waals surface area contributed by atoms with E-state index in [0.29, 0.717) is 31.5 Å². The first-order chi connectivity index (χ1) is 13.2. The van der Waals surface area contributed by atoms with Crippen LogP contribution in [0.3, 0.4) is 0 Å². The second-order valence-electron chi connectivity index (χ2n) is 7.20. The number of likely N-dealkylation sites (N-methyl/N-ethyl adjacent to an activating group) is 1. The first-order valence-electron chi connectivity index (χ1n) is 9.57. The van der Waals surface area contributed by atoms with Crippen LogP contribution in [-0.4, -0.2) is 47.3 Å². The van der Waals surface area contributed by atoms with Gasteiger partial charge in [-0.1, -0.05) is 44.1 Å². The van der Waals surface area contributed by atoms with Crippen molar-refractivity contribution in [2.75, 3.05) is 19.6 Å². The summed E-state index contributed by atoms with van der Waals surface area (Å²) in [4.78, 5) is 41.0. The molecular formula is C21H28FN3O3. The van der Waals surface area contributed by atoms with Crippen molar-refractivity contribution in [3.8, 4) is 0 Å². The Balaban J connectivity index is 2.30. The molecule has 0 spiro atoms. The molecule has 28 heavy (non-hydrogen) atoms. The van der Waals surface area contributed by atoms with Gasteiger partial charge >= 0.3 is 6.03 Å². The molecular weight excluding hydrogens is 361 g/mol. The van der Waals surface area contributed by atoms with Crippen LogP contribution in [0.1, 0.15) is 45.6 Å². The molecule has 0 radical (unpaired) electrons. The molecule has 1 aliphatic rings. The van der Waals surface area contributed by atoms with Crippen molar-refractivity contribution >= 4 is 17.8 Å². The van der Waals surface area contributed by atoms with Gasteiger partial charge in [0.2, 0.25) is 5.91 Å². The monoisotopic (exact) mass is 389 g/mol. The van der Waals surface area contributed by atoms with E-state index in [0.717, 1.165) is 16.9 Å². The number of urea groups is 1. The van der Waals surface area contributed by atoms with Crippen molar-refractivity contribution in [3.63, 3.8) is 0 Å². The smallest absolute Gasteiger partial charge is 0.325 e. The van der Waals surface area contributed by atoms with Gasteiger partial charge < -0.3 is 10.2 Å². The maximum absolute atomic E-state index is 13.4. The van der Waals surface area contributed by atoms with Crippen molar-refractivity contribution in [1.29, 1.82) is 0 Å². The summed E-state index contributed by atoms with van der Waals surface area (Å²) in [6.45, 7) is 9.93. The number of carbonyl (C=O) groups excluding carboxylic acids is 3. The lowest BCUT2D eigenvalue weighted by molar-refractivity contribution is -0.139. The van der Waals surface area contributed by atoms with Crippen LogP contribution in [0.2, 0.25) is 0 Å². The highest BCUT2D eigenvalue weighted by atomic mass is 19.1. The molecule has 4 amide bonds. The molecule has 152 valence electrons. The second kappa shape index (κ2) is 8.99. The third-order valence-corrected chi connectivity index (χ3v) is 4.91. The van der Waals surface area contributed by atoms with Crippen LogP contribution < -0.4 is 5.32 Å². The first kappa shape index (κ1) is 21.6. The third-order valence-electron chi connectivity index (χ3n) is 4.91. The number of hydrogen-bond acceptors (Lipinski definition) is 3. The van der Waals surface area contributed by atoms with E-state index in [1.54, 1.807) is 4.90 Å². The van der Waals surface area contributed by atoms with Crippen molar-refractivity contribution in [2.45, 2.75) is 45.6 Å². The Morgan fingerprint density at radius 3 is 2.43 bits per heavy atom. The summed E-state index contributed by atoms with van der Waals surface area (Å²) in [7, 11) is 0. The van der Waals surface area contributed by atoms with Crippen LogP contribution in [-0.2, 0) is 15.1 Å². The van der Waals surface area contributed by atoms with E-state index in [1.165, 1.54) is 24.3 Å². The molecule has 0 saturated carbocycles. The van der Waals surface area contributed by atoms with Gasteiger partial charge in [-0.3, -0.25) is 14.5 Å². The lowest BCUT2D eigenvalue weighted by Crippen LogP contribution is -2.46. The van der Waals surface area contributed by atoms with Gasteiger partial charge in [0.25, 0.3) is 5.91 Å². The zero-order chi connectivity index (χ0) is 20.9. The summed E-state index contributed by atoms with van der Waals surface area (Å²) in [5, 5.41) is 2.77. The maximum Gasteiger partial charge on any atom is 0.325 e. The molecule has 1 saturated heterocycles. The molecule has 1 N–H and O–H groups in total. The predicted molar refractivity (Wildman–Crippen MR) is 105 cm³/mol. The number of imide groups is 1. The van der Waals surface area contributed by atoms with E-state index >= 15 is 0 Å². The molecule has 6 nitrogen and oxygen atoms in total. The van der Waals surface area contributed by atoms with Crippen molar-refractivity contribution in [2.24, 2.45) is 0 Å². The fourth-order valence-corrected chi connectivity index (χ4v) is 3.39. The Morgan fingerprint density at radius 1 is 1.25 bits per heavy atom. The van der Waals surface area contributed by atoms with Gasteiger partial charge in [0.05, 0.1) is 0 Å². The molecule has 0 aromatic heterocycles. The quantitative estimate of drug-likeness (QED) is 0.521. The molecule has 1 atom stereocenters. The van der Waals surface area contributed by atoms with E-state index in [4.69, 9.17) is 0 Å². The zero-order valence-electron chi connectivity index (χ0n) is 16.8. The summed E-state index contributed by atoms with van der Waals surface area (Å²) in [5.74, 6) is -1.21. The molecule has 1 aliphatic heterocycles. The van der Waals surface area contributed by atoms with Gasteiger partial charge in [0.1, 0.15) is 17.9 Å². The number of nitrogens with one attached hydrogen (secondary N) is 1. The number of halogens is 1. The van der Waals surface area contributed by atoms with E-state index in [-0.39, 0.29) is 12.5 Å². The van der Waals surface area contributed by atoms with E-state index in [1.807, 2.05) is 20.8 Å². The average Bonchev–Trinajstić information content (AvgIpc) is 2.89. The van der Waals surface area contributed by atoms with E-state index < -0.39 is 23.3 Å². The van der Waals surface area contributed by atoms with Gasteiger partial charge in [-0.2, -0.15) is 0 Å². The molecule has 1 heterocycles. The van der Waals surface area contributed by atoms with Crippen LogP contribution in [0.4, 0.5) is 9.18 Å². The minimum Gasteiger partial charge on any atom is -0.337 e. The lowest BCUT2D eigenvalue weighted by atomic mass is 9.85. The summed E-state index contributed by atoms with van der Waals surface area (Å²) in [6.07, 6.45) is 1.91. The molecule has 1 unspecified atom stereocenters. The highest BCUT2D eigenvalue weighted by Gasteiger charge is 2.52. The van der Waals surface area contributed by atoms with Crippen LogP contribution in [0.5, 0.6) is 0 Å². The number of rotatable bonds is 9. The molecule has 1 aromatic carbocycles. The Bertz CT molecular complexity index is 763. The fourth-order valence-electron chi connectivity index (χ4n) is 3.39. The van der Waals surface area contributed by atoms with Gasteiger partial charge in [-0.05, 0) is 38.0 Å². The number of amides is 4. The third kappa shape index (κ3) is 4.40. The topological polar surface area (TPSA) is 69.7 Å². The first-order valence-corrected chi connectivity index (χ1v) is 9.57.